The summed E-state index contributed by atoms with van der Waals surface area (Å²) in [7, 11) is 0. The average Bonchev–Trinajstić information content (AvgIpc) is 3.93. The Morgan fingerprint density at radius 3 is 2.51 bits per heavy atom. The maximum atomic E-state index is 15.0. The molecule has 0 spiro atoms. The number of benzene rings is 4. The van der Waals surface area contributed by atoms with Crippen molar-refractivity contribution in [1.29, 1.82) is 0 Å². The van der Waals surface area contributed by atoms with Gasteiger partial charge in [0.2, 0.25) is 17.8 Å². The number of nitrogens with zero attached hydrogens (tertiary/aromatic N) is 7. The highest BCUT2D eigenvalue weighted by molar-refractivity contribution is 6.31. The van der Waals surface area contributed by atoms with E-state index in [1.807, 2.05) is 41.2 Å². The van der Waals surface area contributed by atoms with Crippen LogP contribution in [0.2, 0.25) is 5.02 Å². The summed E-state index contributed by atoms with van der Waals surface area (Å²) < 4.78 is 37.8. The molecular weight excluding hydrogens is 890 g/mol. The maximum absolute atomic E-state index is 15.0. The van der Waals surface area contributed by atoms with Gasteiger partial charge in [-0.3, -0.25) is 24.7 Å². The number of anilines is 2. The molecule has 17 heteroatoms. The summed E-state index contributed by atoms with van der Waals surface area (Å²) in [6.45, 7) is 2.21. The second kappa shape index (κ2) is 19.6. The van der Waals surface area contributed by atoms with Crippen LogP contribution in [0.1, 0.15) is 89.2 Å². The van der Waals surface area contributed by atoms with E-state index in [9.17, 15) is 23.2 Å². The van der Waals surface area contributed by atoms with Crippen molar-refractivity contribution >= 4 is 46.7 Å². The van der Waals surface area contributed by atoms with Crippen LogP contribution in [-0.4, -0.2) is 85.1 Å². The molecule has 6 aromatic rings. The Morgan fingerprint density at radius 2 is 1.71 bits per heavy atom. The number of halogens is 3. The van der Waals surface area contributed by atoms with Gasteiger partial charge in [0, 0.05) is 82.3 Å². The summed E-state index contributed by atoms with van der Waals surface area (Å²) >= 11 is 6.38. The van der Waals surface area contributed by atoms with Crippen molar-refractivity contribution in [2.45, 2.75) is 76.2 Å². The van der Waals surface area contributed by atoms with Crippen molar-refractivity contribution in [2.75, 3.05) is 25.1 Å². The molecule has 344 valence electrons. The van der Waals surface area contributed by atoms with Gasteiger partial charge in [0.15, 0.2) is 0 Å². The van der Waals surface area contributed by atoms with Gasteiger partial charge in [-0.25, -0.2) is 23.4 Å². The first-order valence-electron chi connectivity index (χ1n) is 22.7. The van der Waals surface area contributed by atoms with Gasteiger partial charge >= 0.3 is 0 Å². The van der Waals surface area contributed by atoms with Crippen molar-refractivity contribution in [3.8, 4) is 34.4 Å². The second-order valence-corrected chi connectivity index (χ2v) is 17.6. The number of rotatable bonds is 12. The standard InChI is InChI=1S/C51H45ClF2N10O4/c52-33-12-19-37-39(25-33)48(46-41(53)8-4-9-42(46)54)56-26-32-27-57-51(60-47(32)37)58-35-13-10-31(11-14-35)43-29-64(62-61-43)36-17-15-34(16-18-36)55-22-24-68-23-2-1-5-30-6-3-7-38-40(30)28-63(50(38)67)44-20-21-45(65)59-49(44)66/h3-4,6-14,19,25,27,29,34,36,44,55H,2,15-18,20-24,26,28H2,(H,57,58,60)(H,59,65,66)/t34-,36+,44?. The number of fused-ring (bicyclic) bond motifs is 4. The molecule has 3 amide bonds. The van der Waals surface area contributed by atoms with Crippen molar-refractivity contribution in [3.05, 3.63) is 141 Å². The van der Waals surface area contributed by atoms with Crippen LogP contribution in [0.3, 0.4) is 0 Å². The lowest BCUT2D eigenvalue weighted by Crippen LogP contribution is -2.52. The first-order valence-corrected chi connectivity index (χ1v) is 23.1. The van der Waals surface area contributed by atoms with Crippen molar-refractivity contribution in [3.63, 3.8) is 0 Å². The van der Waals surface area contributed by atoms with Crippen LogP contribution in [-0.2, 0) is 27.4 Å². The fourth-order valence-electron chi connectivity index (χ4n) is 9.33. The zero-order valence-corrected chi connectivity index (χ0v) is 37.5. The highest BCUT2D eigenvalue weighted by Crippen LogP contribution is 2.36. The van der Waals surface area contributed by atoms with Gasteiger partial charge in [0.05, 0.1) is 49.0 Å². The average molecular weight is 935 g/mol. The number of aliphatic imine (C=N–C) groups is 1. The van der Waals surface area contributed by atoms with E-state index in [0.29, 0.717) is 77.6 Å². The summed E-state index contributed by atoms with van der Waals surface area (Å²) in [6.07, 6.45) is 8.73. The number of piperidine rings is 1. The van der Waals surface area contributed by atoms with Crippen molar-refractivity contribution in [1.82, 2.24) is 40.5 Å². The Labute approximate surface area is 395 Å². The predicted octanol–water partition coefficient (Wildman–Crippen LogP) is 7.72. The van der Waals surface area contributed by atoms with Crippen LogP contribution in [0.15, 0.2) is 96.2 Å². The summed E-state index contributed by atoms with van der Waals surface area (Å²) in [6, 6.07) is 22.1. The molecule has 2 fully saturated rings. The Balaban J connectivity index is 0.672. The first kappa shape index (κ1) is 44.6. The molecule has 1 atom stereocenters. The summed E-state index contributed by atoms with van der Waals surface area (Å²) in [4.78, 5) is 52.6. The van der Waals surface area contributed by atoms with E-state index in [-0.39, 0.29) is 42.1 Å². The highest BCUT2D eigenvalue weighted by atomic mass is 35.5. The molecule has 0 bridgehead atoms. The highest BCUT2D eigenvalue weighted by Gasteiger charge is 2.39. The summed E-state index contributed by atoms with van der Waals surface area (Å²) in [5.41, 5.74) is 6.93. The van der Waals surface area contributed by atoms with Gasteiger partial charge in [-0.1, -0.05) is 59.0 Å². The lowest BCUT2D eigenvalue weighted by Gasteiger charge is -2.29. The minimum Gasteiger partial charge on any atom is -0.379 e. The Hall–Kier alpha value is -7.19. The fourth-order valence-corrected chi connectivity index (χ4v) is 9.50. The van der Waals surface area contributed by atoms with Gasteiger partial charge in [-0.05, 0) is 86.2 Å². The summed E-state index contributed by atoms with van der Waals surface area (Å²) in [5.74, 6) is 4.33. The van der Waals surface area contributed by atoms with Crippen molar-refractivity contribution < 1.29 is 27.9 Å². The third-order valence-electron chi connectivity index (χ3n) is 12.8. The predicted molar refractivity (Wildman–Crippen MR) is 251 cm³/mol. The minimum absolute atomic E-state index is 0.123. The van der Waals surface area contributed by atoms with Gasteiger partial charge < -0.3 is 20.3 Å². The number of ether oxygens (including phenoxy) is 1. The van der Waals surface area contributed by atoms with E-state index in [0.717, 1.165) is 60.3 Å². The molecule has 0 radical (unpaired) electrons. The zero-order valence-electron chi connectivity index (χ0n) is 36.8. The molecule has 2 aromatic heterocycles. The van der Waals surface area contributed by atoms with E-state index in [1.165, 1.54) is 23.1 Å². The normalized spacial score (nSPS) is 18.7. The SMILES string of the molecule is O=C1CCC(N2Cc3c(C#CCCOCCN[C@H]4CC[C@@H](n5cc(-c6ccc(Nc7ncc8c(n7)-c7ccc(Cl)cc7C(c7c(F)cccc7F)=NC8)cc6)nn5)CC4)cccc3C2=O)C(=O)N1. The molecule has 3 N–H and O–H groups in total. The monoisotopic (exact) mass is 934 g/mol. The van der Waals surface area contributed by atoms with Crippen LogP contribution >= 0.6 is 11.6 Å². The quantitative estimate of drug-likeness (QED) is 0.0628. The number of hydrogen-bond donors (Lipinski definition) is 3. The maximum Gasteiger partial charge on any atom is 0.255 e. The van der Waals surface area contributed by atoms with Crippen LogP contribution in [0.4, 0.5) is 20.4 Å². The zero-order chi connectivity index (χ0) is 46.7. The smallest absolute Gasteiger partial charge is 0.255 e. The van der Waals surface area contributed by atoms with Gasteiger partial charge in [-0.2, -0.15) is 0 Å². The number of nitrogens with one attached hydrogen (secondary N) is 3. The molecule has 1 saturated carbocycles. The molecule has 4 aromatic carbocycles. The van der Waals surface area contributed by atoms with Crippen LogP contribution in [0, 0.1) is 23.5 Å². The third-order valence-corrected chi connectivity index (χ3v) is 13.1. The van der Waals surface area contributed by atoms with Crippen LogP contribution in [0.5, 0.6) is 0 Å². The molecule has 1 saturated heterocycles. The first-order chi connectivity index (χ1) is 33.2. The van der Waals surface area contributed by atoms with Crippen LogP contribution in [0.25, 0.3) is 22.5 Å². The number of amides is 3. The molecule has 1 unspecified atom stereocenters. The molecule has 5 heterocycles. The van der Waals surface area contributed by atoms with Crippen molar-refractivity contribution in [2.24, 2.45) is 4.99 Å². The molecule has 68 heavy (non-hydrogen) atoms. The van der Waals surface area contributed by atoms with Gasteiger partial charge in [-0.15, -0.1) is 5.10 Å². The van der Waals surface area contributed by atoms with E-state index < -0.39 is 23.6 Å². The largest absolute Gasteiger partial charge is 0.379 e. The second-order valence-electron chi connectivity index (χ2n) is 17.2. The van der Waals surface area contributed by atoms with E-state index in [4.69, 9.17) is 21.3 Å². The van der Waals surface area contributed by atoms with Crippen LogP contribution < -0.4 is 16.0 Å². The molecular formula is C51H45ClF2N10O4. The Morgan fingerprint density at radius 1 is 0.897 bits per heavy atom. The minimum atomic E-state index is -0.715. The third kappa shape index (κ3) is 9.37. The molecule has 3 aliphatic heterocycles. The molecule has 4 aliphatic rings. The number of carbonyl (C=O) groups excluding carboxylic acids is 3. The topological polar surface area (TPSA) is 169 Å². The van der Waals surface area contributed by atoms with E-state index in [2.05, 4.69) is 48.1 Å². The van der Waals surface area contributed by atoms with E-state index in [1.54, 1.807) is 36.5 Å². The molecule has 1 aliphatic carbocycles. The lowest BCUT2D eigenvalue weighted by atomic mass is 9.91. The number of imide groups is 1. The number of carbonyl (C=O) groups is 3. The number of hydrogen-bond acceptors (Lipinski definition) is 11. The van der Waals surface area contributed by atoms with E-state index >= 15 is 0 Å². The molecule has 10 rings (SSSR count). The number of aromatic nitrogens is 5. The Bertz CT molecular complexity index is 3010. The fraction of sp³-hybridized carbons (Fsp3) is 0.294. The Kier molecular flexibility index (Phi) is 12.8. The lowest BCUT2D eigenvalue weighted by molar-refractivity contribution is -0.136. The molecule has 14 nitrogen and oxygen atoms in total. The van der Waals surface area contributed by atoms with Gasteiger partial charge in [0.25, 0.3) is 5.91 Å². The summed E-state index contributed by atoms with van der Waals surface area (Å²) in [5, 5.41) is 18.6. The van der Waals surface area contributed by atoms with Gasteiger partial charge in [0.1, 0.15) is 23.4 Å².